The number of Topliss-reactive ketones (excluding diaryl/α,β-unsaturated/α-hetero) is 1. The van der Waals surface area contributed by atoms with Gasteiger partial charge in [-0.05, 0) is 37.0 Å². The van der Waals surface area contributed by atoms with Crippen LogP contribution >= 0.6 is 23.2 Å². The van der Waals surface area contributed by atoms with E-state index in [1.54, 1.807) is 24.3 Å². The lowest BCUT2D eigenvalue weighted by Crippen LogP contribution is -2.55. The molecule has 1 unspecified atom stereocenters. The number of hydrogen-bond donors (Lipinski definition) is 3. The number of nitrogens with one attached hydrogen (secondary N) is 2. The second-order valence-corrected chi connectivity index (χ2v) is 10.2. The monoisotopic (exact) mass is 545 g/mol. The molecule has 10 heteroatoms. The zero-order valence-corrected chi connectivity index (χ0v) is 22.2. The van der Waals surface area contributed by atoms with Gasteiger partial charge in [-0.1, -0.05) is 61.5 Å². The van der Waals surface area contributed by atoms with Crippen molar-refractivity contribution in [3.8, 4) is 0 Å². The maximum atomic E-state index is 12.9. The molecule has 2 aliphatic carbocycles. The summed E-state index contributed by atoms with van der Waals surface area (Å²) in [4.78, 5) is 41.9. The number of carbonyl (C=O) groups is 3. The topological polar surface area (TPSA) is 118 Å². The molecular formula is C27H29Cl2N3O5. The fourth-order valence-electron chi connectivity index (χ4n) is 5.42. The molecule has 196 valence electrons. The number of carbonyl (C=O) groups excluding carboxylic acids is 2. The van der Waals surface area contributed by atoms with E-state index in [4.69, 9.17) is 27.9 Å². The predicted molar refractivity (Wildman–Crippen MR) is 141 cm³/mol. The number of rotatable bonds is 9. The highest BCUT2D eigenvalue weighted by Crippen LogP contribution is 2.52. The molecule has 0 bridgehead atoms. The normalized spacial score (nSPS) is 18.1. The number of halogens is 2. The maximum Gasteiger partial charge on any atom is 0.326 e. The average molecular weight is 546 g/mol. The van der Waals surface area contributed by atoms with Crippen LogP contribution in [0.2, 0.25) is 10.0 Å². The number of carboxylic acids is 1. The van der Waals surface area contributed by atoms with Crippen molar-refractivity contribution in [2.75, 3.05) is 12.4 Å². The summed E-state index contributed by atoms with van der Waals surface area (Å²) in [5, 5.41) is 16.4. The van der Waals surface area contributed by atoms with Crippen molar-refractivity contribution in [1.29, 1.82) is 0 Å². The Morgan fingerprint density at radius 1 is 1.11 bits per heavy atom. The number of carboxylic acid groups (broad SMARTS) is 1. The number of allylic oxidation sites excluding steroid dienone is 2. The van der Waals surface area contributed by atoms with Crippen LogP contribution in [0.5, 0.6) is 0 Å². The number of benzene rings is 1. The number of methoxy groups -OCH3 is 1. The standard InChI is InChI=1S/C27H29Cl2N3O5/c1-3-17(15-7-9-16(10-8-15)31-25(34)20-18(28)13-30-14-19(20)29)21(26(35)36)32-23-22(37-2)24(33)27(23)11-5-4-6-12-27/h7-10,13-14,17,21,32H,3-6,11-12H2,1-2H3,(H,31,34)(H,35,36)/t17?,21-/m0/s1. The minimum absolute atomic E-state index is 0.0381. The van der Waals surface area contributed by atoms with Crippen LogP contribution in [0, 0.1) is 5.41 Å². The smallest absolute Gasteiger partial charge is 0.326 e. The molecule has 4 rings (SSSR count). The molecule has 1 fully saturated rings. The van der Waals surface area contributed by atoms with Crippen LogP contribution in [0.4, 0.5) is 5.69 Å². The molecule has 3 N–H and O–H groups in total. The zero-order chi connectivity index (χ0) is 26.7. The third-order valence-corrected chi connectivity index (χ3v) is 7.92. The van der Waals surface area contributed by atoms with Gasteiger partial charge in [-0.15, -0.1) is 0 Å². The van der Waals surface area contributed by atoms with Crippen LogP contribution in [0.25, 0.3) is 0 Å². The molecule has 0 saturated heterocycles. The van der Waals surface area contributed by atoms with E-state index in [2.05, 4.69) is 15.6 Å². The molecule has 1 amide bonds. The lowest BCUT2D eigenvalue weighted by Gasteiger charge is -2.46. The number of anilines is 1. The fourth-order valence-corrected chi connectivity index (χ4v) is 5.96. The first-order valence-corrected chi connectivity index (χ1v) is 13.0. The van der Waals surface area contributed by atoms with Crippen molar-refractivity contribution < 1.29 is 24.2 Å². The van der Waals surface area contributed by atoms with Gasteiger partial charge in [-0.3, -0.25) is 14.6 Å². The van der Waals surface area contributed by atoms with Crippen molar-refractivity contribution in [2.45, 2.75) is 57.4 Å². The quantitative estimate of drug-likeness (QED) is 0.377. The van der Waals surface area contributed by atoms with E-state index < -0.39 is 29.3 Å². The summed E-state index contributed by atoms with van der Waals surface area (Å²) in [6.45, 7) is 1.92. The first-order valence-electron chi connectivity index (χ1n) is 12.3. The lowest BCUT2D eigenvalue weighted by molar-refractivity contribution is -0.141. The zero-order valence-electron chi connectivity index (χ0n) is 20.6. The number of aromatic nitrogens is 1. The molecule has 0 aliphatic heterocycles. The molecule has 0 radical (unpaired) electrons. The van der Waals surface area contributed by atoms with Crippen molar-refractivity contribution in [3.63, 3.8) is 0 Å². The fraction of sp³-hybridized carbons (Fsp3) is 0.407. The largest absolute Gasteiger partial charge is 0.491 e. The van der Waals surface area contributed by atoms with Crippen LogP contribution in [0.15, 0.2) is 48.1 Å². The van der Waals surface area contributed by atoms with Crippen LogP contribution < -0.4 is 10.6 Å². The van der Waals surface area contributed by atoms with Gasteiger partial charge in [0.15, 0.2) is 5.76 Å². The second-order valence-electron chi connectivity index (χ2n) is 9.41. The van der Waals surface area contributed by atoms with E-state index in [-0.39, 0.29) is 27.2 Å². The van der Waals surface area contributed by atoms with E-state index in [0.29, 0.717) is 30.6 Å². The number of aliphatic carboxylic acids is 1. The van der Waals surface area contributed by atoms with E-state index >= 15 is 0 Å². The number of nitrogens with zero attached hydrogens (tertiary/aromatic N) is 1. The molecule has 2 aliphatic rings. The van der Waals surface area contributed by atoms with Gasteiger partial charge in [0.2, 0.25) is 5.78 Å². The molecule has 1 heterocycles. The van der Waals surface area contributed by atoms with E-state index in [1.165, 1.54) is 19.5 Å². The van der Waals surface area contributed by atoms with Crippen LogP contribution in [0.3, 0.4) is 0 Å². The first-order chi connectivity index (χ1) is 17.7. The highest BCUT2D eigenvalue weighted by Gasteiger charge is 2.56. The molecule has 37 heavy (non-hydrogen) atoms. The van der Waals surface area contributed by atoms with Gasteiger partial charge in [0.1, 0.15) is 6.04 Å². The first kappa shape index (κ1) is 26.9. The summed E-state index contributed by atoms with van der Waals surface area (Å²) in [6.07, 6.45) is 7.52. The Labute approximate surface area is 225 Å². The summed E-state index contributed by atoms with van der Waals surface area (Å²) < 4.78 is 5.36. The lowest BCUT2D eigenvalue weighted by atomic mass is 9.61. The third kappa shape index (κ3) is 5.05. The van der Waals surface area contributed by atoms with Crippen molar-refractivity contribution >= 4 is 46.5 Å². The Balaban J connectivity index is 1.55. The maximum absolute atomic E-state index is 12.9. The number of ketones is 1. The van der Waals surface area contributed by atoms with Gasteiger partial charge in [-0.2, -0.15) is 0 Å². The molecule has 1 aromatic carbocycles. The Kier molecular flexibility index (Phi) is 8.09. The molecule has 1 saturated carbocycles. The predicted octanol–water partition coefficient (Wildman–Crippen LogP) is 5.57. The third-order valence-electron chi connectivity index (χ3n) is 7.34. The summed E-state index contributed by atoms with van der Waals surface area (Å²) in [7, 11) is 1.44. The number of ether oxygens (including phenoxy) is 1. The summed E-state index contributed by atoms with van der Waals surface area (Å²) >= 11 is 12.2. The summed E-state index contributed by atoms with van der Waals surface area (Å²) in [5.41, 5.74) is 1.35. The van der Waals surface area contributed by atoms with Crippen molar-refractivity contribution in [1.82, 2.24) is 10.3 Å². The number of pyridine rings is 1. The van der Waals surface area contributed by atoms with Crippen molar-refractivity contribution in [2.24, 2.45) is 5.41 Å². The van der Waals surface area contributed by atoms with Gasteiger partial charge in [0, 0.05) is 24.0 Å². The molecule has 1 spiro atoms. The second kappa shape index (κ2) is 11.1. The Morgan fingerprint density at radius 2 is 1.73 bits per heavy atom. The summed E-state index contributed by atoms with van der Waals surface area (Å²) in [6, 6.07) is 6.00. The SMILES string of the molecule is CCC(c1ccc(NC(=O)c2c(Cl)cncc2Cl)cc1)[C@H](NC1=C(OC)C(=O)C12CCCCC2)C(=O)O. The van der Waals surface area contributed by atoms with E-state index in [1.807, 2.05) is 6.92 Å². The number of amides is 1. The molecular weight excluding hydrogens is 517 g/mol. The van der Waals surface area contributed by atoms with Gasteiger partial charge < -0.3 is 20.5 Å². The van der Waals surface area contributed by atoms with Crippen LogP contribution in [0.1, 0.15) is 67.3 Å². The van der Waals surface area contributed by atoms with Crippen molar-refractivity contribution in [3.05, 3.63) is 69.3 Å². The number of hydrogen-bond acceptors (Lipinski definition) is 6. The highest BCUT2D eigenvalue weighted by molar-refractivity contribution is 6.40. The molecule has 2 atom stereocenters. The molecule has 1 aromatic heterocycles. The Bertz CT molecular complexity index is 1220. The van der Waals surface area contributed by atoms with Gasteiger partial charge >= 0.3 is 5.97 Å². The van der Waals surface area contributed by atoms with Crippen LogP contribution in [-0.4, -0.2) is 40.9 Å². The van der Waals surface area contributed by atoms with Gasteiger partial charge in [-0.25, -0.2) is 4.79 Å². The summed E-state index contributed by atoms with van der Waals surface area (Å²) in [5.74, 6) is -1.69. The van der Waals surface area contributed by atoms with Gasteiger partial charge in [0.25, 0.3) is 5.91 Å². The van der Waals surface area contributed by atoms with Crippen LogP contribution in [-0.2, 0) is 14.3 Å². The average Bonchev–Trinajstić information content (AvgIpc) is 2.89. The Hall–Kier alpha value is -3.10. The minimum Gasteiger partial charge on any atom is -0.491 e. The highest BCUT2D eigenvalue weighted by atomic mass is 35.5. The minimum atomic E-state index is -1.01. The Morgan fingerprint density at radius 3 is 2.27 bits per heavy atom. The molecule has 2 aromatic rings. The van der Waals surface area contributed by atoms with E-state index in [0.717, 1.165) is 24.8 Å². The van der Waals surface area contributed by atoms with Gasteiger partial charge in [0.05, 0.1) is 33.8 Å². The molecule has 8 nitrogen and oxygen atoms in total. The van der Waals surface area contributed by atoms with E-state index in [9.17, 15) is 19.5 Å².